The van der Waals surface area contributed by atoms with Crippen molar-refractivity contribution in [3.63, 3.8) is 0 Å². The van der Waals surface area contributed by atoms with Crippen LogP contribution in [-0.4, -0.2) is 35.8 Å². The SMILES string of the molecule is C=C(C)C(=O)OCCCCCCCC[Si](O)(O)O. The molecule has 0 spiro atoms. The summed E-state index contributed by atoms with van der Waals surface area (Å²) < 4.78 is 4.94. The van der Waals surface area contributed by atoms with Crippen molar-refractivity contribution < 1.29 is 23.9 Å². The van der Waals surface area contributed by atoms with E-state index in [1.807, 2.05) is 0 Å². The molecule has 0 saturated carbocycles. The summed E-state index contributed by atoms with van der Waals surface area (Å²) in [6.07, 6.45) is 5.32. The smallest absolute Gasteiger partial charge is 0.462 e. The van der Waals surface area contributed by atoms with Gasteiger partial charge in [-0.3, -0.25) is 0 Å². The number of carbonyl (C=O) groups excluding carboxylic acids is 1. The molecule has 18 heavy (non-hydrogen) atoms. The molecule has 5 nitrogen and oxygen atoms in total. The first-order valence-electron chi connectivity index (χ1n) is 6.32. The van der Waals surface area contributed by atoms with Crippen LogP contribution in [0.4, 0.5) is 0 Å². The molecule has 0 aromatic rings. The standard InChI is InChI=1S/C12H24O5Si/c1-11(2)12(13)17-9-7-5-3-4-6-8-10-18(14,15)16/h14-16H,1,3-10H2,2H3. The molecule has 106 valence electrons. The molecule has 0 radical (unpaired) electrons. The zero-order valence-electron chi connectivity index (χ0n) is 11.0. The van der Waals surface area contributed by atoms with Gasteiger partial charge >= 0.3 is 14.8 Å². The summed E-state index contributed by atoms with van der Waals surface area (Å²) in [7, 11) is -3.83. The van der Waals surface area contributed by atoms with Crippen molar-refractivity contribution in [2.24, 2.45) is 0 Å². The lowest BCUT2D eigenvalue weighted by Crippen LogP contribution is -2.33. The van der Waals surface area contributed by atoms with E-state index in [9.17, 15) is 4.79 Å². The summed E-state index contributed by atoms with van der Waals surface area (Å²) >= 11 is 0. The van der Waals surface area contributed by atoms with Crippen LogP contribution in [-0.2, 0) is 9.53 Å². The minimum Gasteiger partial charge on any atom is -0.462 e. The number of ether oxygens (including phenoxy) is 1. The van der Waals surface area contributed by atoms with Crippen molar-refractivity contribution in [1.82, 2.24) is 0 Å². The minimum absolute atomic E-state index is 0.114. The molecule has 0 unspecified atom stereocenters. The molecular weight excluding hydrogens is 252 g/mol. The van der Waals surface area contributed by atoms with Gasteiger partial charge in [0.2, 0.25) is 0 Å². The average molecular weight is 276 g/mol. The Morgan fingerprint density at radius 3 is 2.06 bits per heavy atom. The second-order valence-corrected chi connectivity index (χ2v) is 6.61. The van der Waals surface area contributed by atoms with Gasteiger partial charge in [-0.15, -0.1) is 0 Å². The molecule has 0 atom stereocenters. The third-order valence-electron chi connectivity index (χ3n) is 2.49. The molecule has 0 aromatic carbocycles. The van der Waals surface area contributed by atoms with E-state index in [0.717, 1.165) is 32.1 Å². The van der Waals surface area contributed by atoms with E-state index in [1.165, 1.54) is 0 Å². The molecule has 0 rings (SSSR count). The lowest BCUT2D eigenvalue weighted by Gasteiger charge is -2.08. The number of unbranched alkanes of at least 4 members (excludes halogenated alkanes) is 5. The molecule has 0 aliphatic carbocycles. The number of hydrogen-bond acceptors (Lipinski definition) is 5. The molecule has 6 heteroatoms. The van der Waals surface area contributed by atoms with Crippen molar-refractivity contribution in [3.05, 3.63) is 12.2 Å². The fraction of sp³-hybridized carbons (Fsp3) is 0.750. The average Bonchev–Trinajstić information content (AvgIpc) is 2.24. The van der Waals surface area contributed by atoms with Crippen LogP contribution in [0.15, 0.2) is 12.2 Å². The molecule has 0 aromatic heterocycles. The van der Waals surface area contributed by atoms with Crippen molar-refractivity contribution in [2.45, 2.75) is 51.5 Å². The van der Waals surface area contributed by atoms with E-state index in [0.29, 0.717) is 18.6 Å². The Kier molecular flexibility index (Phi) is 8.91. The van der Waals surface area contributed by atoms with E-state index in [4.69, 9.17) is 19.1 Å². The maximum atomic E-state index is 11.0. The summed E-state index contributed by atoms with van der Waals surface area (Å²) in [5.74, 6) is -0.342. The Morgan fingerprint density at radius 1 is 1.06 bits per heavy atom. The van der Waals surface area contributed by atoms with Crippen LogP contribution in [0.3, 0.4) is 0 Å². The van der Waals surface area contributed by atoms with Gasteiger partial charge in [0.25, 0.3) is 0 Å². The summed E-state index contributed by atoms with van der Waals surface area (Å²) in [5, 5.41) is 0. The molecule has 0 saturated heterocycles. The van der Waals surface area contributed by atoms with Gasteiger partial charge in [-0.25, -0.2) is 4.79 Å². The number of esters is 1. The lowest BCUT2D eigenvalue weighted by molar-refractivity contribution is -0.139. The van der Waals surface area contributed by atoms with Gasteiger partial charge in [-0.1, -0.05) is 32.3 Å². The third-order valence-corrected chi connectivity index (χ3v) is 3.51. The Labute approximate surface area is 109 Å². The molecule has 3 N–H and O–H groups in total. The highest BCUT2D eigenvalue weighted by Crippen LogP contribution is 2.10. The van der Waals surface area contributed by atoms with E-state index in [2.05, 4.69) is 6.58 Å². The summed E-state index contributed by atoms with van der Waals surface area (Å²) in [6, 6.07) is 0.114. The quantitative estimate of drug-likeness (QED) is 0.243. The molecule has 0 bridgehead atoms. The van der Waals surface area contributed by atoms with Gasteiger partial charge in [0.1, 0.15) is 0 Å². The number of carbonyl (C=O) groups is 1. The molecule has 0 amide bonds. The zero-order valence-corrected chi connectivity index (χ0v) is 12.0. The van der Waals surface area contributed by atoms with Gasteiger partial charge in [-0.05, 0) is 19.8 Å². The summed E-state index contributed by atoms with van der Waals surface area (Å²) in [6.45, 7) is 5.53. The predicted octanol–water partition coefficient (Wildman–Crippen LogP) is 1.36. The van der Waals surface area contributed by atoms with Crippen LogP contribution < -0.4 is 0 Å². The second-order valence-electron chi connectivity index (χ2n) is 4.56. The molecule has 0 fully saturated rings. The van der Waals surface area contributed by atoms with Gasteiger partial charge in [0.05, 0.1) is 6.61 Å². The number of rotatable bonds is 10. The van der Waals surface area contributed by atoms with Crippen molar-refractivity contribution >= 4 is 14.8 Å². The van der Waals surface area contributed by atoms with Crippen LogP contribution in [0.2, 0.25) is 6.04 Å². The maximum absolute atomic E-state index is 11.0. The summed E-state index contributed by atoms with van der Waals surface area (Å²) in [4.78, 5) is 37.4. The maximum Gasteiger partial charge on any atom is 0.492 e. The van der Waals surface area contributed by atoms with Crippen LogP contribution in [0.25, 0.3) is 0 Å². The monoisotopic (exact) mass is 276 g/mol. The topological polar surface area (TPSA) is 87.0 Å². The predicted molar refractivity (Wildman–Crippen MR) is 70.7 cm³/mol. The first-order chi connectivity index (χ1) is 8.33. The Balaban J connectivity index is 3.22. The third kappa shape index (κ3) is 11.8. The highest BCUT2D eigenvalue weighted by Gasteiger charge is 2.25. The fourth-order valence-corrected chi connectivity index (χ4v) is 2.18. The Morgan fingerprint density at radius 2 is 1.56 bits per heavy atom. The van der Waals surface area contributed by atoms with E-state index in [-0.39, 0.29) is 12.0 Å². The lowest BCUT2D eigenvalue weighted by atomic mass is 10.1. The van der Waals surface area contributed by atoms with E-state index < -0.39 is 8.80 Å². The van der Waals surface area contributed by atoms with Gasteiger partial charge in [-0.2, -0.15) is 0 Å². The van der Waals surface area contributed by atoms with E-state index in [1.54, 1.807) is 6.92 Å². The largest absolute Gasteiger partial charge is 0.492 e. The first kappa shape index (κ1) is 17.3. The van der Waals surface area contributed by atoms with Crippen LogP contribution in [0, 0.1) is 0 Å². The van der Waals surface area contributed by atoms with E-state index >= 15 is 0 Å². The summed E-state index contributed by atoms with van der Waals surface area (Å²) in [5.41, 5.74) is 0.416. The van der Waals surface area contributed by atoms with Crippen molar-refractivity contribution in [1.29, 1.82) is 0 Å². The van der Waals surface area contributed by atoms with Crippen molar-refractivity contribution in [2.75, 3.05) is 6.61 Å². The highest BCUT2D eigenvalue weighted by atomic mass is 28.4. The first-order valence-corrected chi connectivity index (χ1v) is 8.37. The Hall–Kier alpha value is -0.693. The normalized spacial score (nSPS) is 11.3. The fourth-order valence-electron chi connectivity index (χ4n) is 1.46. The zero-order chi connectivity index (χ0) is 14.0. The molecule has 0 aliphatic heterocycles. The molecule has 0 aliphatic rings. The Bertz CT molecular complexity index is 260. The second kappa shape index (κ2) is 9.27. The van der Waals surface area contributed by atoms with Crippen molar-refractivity contribution in [3.8, 4) is 0 Å². The highest BCUT2D eigenvalue weighted by molar-refractivity contribution is 6.56. The molecule has 0 heterocycles. The van der Waals surface area contributed by atoms with Gasteiger partial charge in [0, 0.05) is 11.6 Å². The minimum atomic E-state index is -3.83. The van der Waals surface area contributed by atoms with Gasteiger partial charge < -0.3 is 19.1 Å². The van der Waals surface area contributed by atoms with Crippen LogP contribution in [0.5, 0.6) is 0 Å². The number of hydrogen-bond donors (Lipinski definition) is 3. The van der Waals surface area contributed by atoms with Gasteiger partial charge in [0.15, 0.2) is 0 Å². The van der Waals surface area contributed by atoms with Crippen LogP contribution >= 0.6 is 0 Å². The van der Waals surface area contributed by atoms with Crippen LogP contribution in [0.1, 0.15) is 45.4 Å². The molecular formula is C12H24O5Si.